The minimum absolute atomic E-state index is 0.364. The summed E-state index contributed by atoms with van der Waals surface area (Å²) < 4.78 is 12.6. The van der Waals surface area contributed by atoms with Crippen LogP contribution in [0.25, 0.3) is 0 Å². The lowest BCUT2D eigenvalue weighted by molar-refractivity contribution is -0.148. The summed E-state index contributed by atoms with van der Waals surface area (Å²) >= 11 is 1.66. The Morgan fingerprint density at radius 1 is 0.824 bits per heavy atom. The van der Waals surface area contributed by atoms with Crippen molar-refractivity contribution in [2.24, 2.45) is 0 Å². The molecule has 0 saturated heterocycles. The molecule has 3 aromatic rings. The van der Waals surface area contributed by atoms with Gasteiger partial charge in [0, 0.05) is 16.0 Å². The van der Waals surface area contributed by atoms with E-state index in [2.05, 4.69) is 77.1 Å². The van der Waals surface area contributed by atoms with Crippen LogP contribution in [0.15, 0.2) is 71.1 Å². The molecule has 1 aliphatic carbocycles. The van der Waals surface area contributed by atoms with E-state index in [1.54, 1.807) is 11.8 Å². The molecule has 0 unspecified atom stereocenters. The standard InChI is InChI=1S/C30H30O3S/c1-17-12-19(3)25-23(14-17)28(6)16-21(5)30(31)29(27(28)32-25,34-22-10-8-7-9-11-22)24-15-18(2)13-20(4)26(24)33-30/h7-16,27,31H,1-6H3/t27-,28+,29-,30-/m1/s1. The first kappa shape index (κ1) is 21.8. The van der Waals surface area contributed by atoms with Gasteiger partial charge in [0.25, 0.3) is 5.79 Å². The van der Waals surface area contributed by atoms with Crippen LogP contribution in [0.1, 0.15) is 47.2 Å². The Bertz CT molecular complexity index is 1380. The zero-order chi connectivity index (χ0) is 24.0. The number of fused-ring (bicyclic) bond motifs is 7. The number of benzene rings is 3. The highest BCUT2D eigenvalue weighted by atomic mass is 32.2. The van der Waals surface area contributed by atoms with Gasteiger partial charge in [-0.2, -0.15) is 0 Å². The van der Waals surface area contributed by atoms with Gasteiger partial charge in [-0.15, -0.1) is 11.8 Å². The molecule has 1 N–H and O–H groups in total. The largest absolute Gasteiger partial charge is 0.486 e. The topological polar surface area (TPSA) is 38.7 Å². The van der Waals surface area contributed by atoms with Gasteiger partial charge < -0.3 is 14.6 Å². The van der Waals surface area contributed by atoms with Crippen molar-refractivity contribution >= 4 is 11.8 Å². The highest BCUT2D eigenvalue weighted by Gasteiger charge is 2.74. The summed E-state index contributed by atoms with van der Waals surface area (Å²) in [5.41, 5.74) is 7.10. The van der Waals surface area contributed by atoms with E-state index in [9.17, 15) is 5.11 Å². The number of hydrogen-bond donors (Lipinski definition) is 1. The molecule has 2 heterocycles. The Morgan fingerprint density at radius 3 is 2.12 bits per heavy atom. The number of thioether (sulfide) groups is 1. The third kappa shape index (κ3) is 2.59. The quantitative estimate of drug-likeness (QED) is 0.425. The Balaban J connectivity index is 1.70. The Morgan fingerprint density at radius 2 is 1.44 bits per heavy atom. The zero-order valence-corrected chi connectivity index (χ0v) is 21.3. The molecule has 0 spiro atoms. The van der Waals surface area contributed by atoms with Gasteiger partial charge in [0.1, 0.15) is 17.6 Å². The summed E-state index contributed by atoms with van der Waals surface area (Å²) in [6.45, 7) is 12.7. The van der Waals surface area contributed by atoms with Crippen molar-refractivity contribution in [1.82, 2.24) is 0 Å². The number of aryl methyl sites for hydroxylation is 4. The van der Waals surface area contributed by atoms with E-state index in [-0.39, 0.29) is 6.10 Å². The van der Waals surface area contributed by atoms with Crippen LogP contribution in [-0.4, -0.2) is 17.0 Å². The lowest BCUT2D eigenvalue weighted by atomic mass is 9.63. The molecule has 4 atom stereocenters. The van der Waals surface area contributed by atoms with Gasteiger partial charge in [0.15, 0.2) is 4.75 Å². The highest BCUT2D eigenvalue weighted by Crippen LogP contribution is 2.69. The van der Waals surface area contributed by atoms with Crippen LogP contribution in [0.2, 0.25) is 0 Å². The van der Waals surface area contributed by atoms with Crippen molar-refractivity contribution in [2.75, 3.05) is 0 Å². The molecule has 6 rings (SSSR count). The lowest BCUT2D eigenvalue weighted by Gasteiger charge is -2.51. The van der Waals surface area contributed by atoms with Gasteiger partial charge in [-0.25, -0.2) is 0 Å². The minimum atomic E-state index is -1.54. The van der Waals surface area contributed by atoms with Crippen molar-refractivity contribution in [2.45, 2.75) is 68.5 Å². The average molecular weight is 471 g/mol. The van der Waals surface area contributed by atoms with Gasteiger partial charge in [-0.3, -0.25) is 0 Å². The average Bonchev–Trinajstić information content (AvgIpc) is 3.20. The minimum Gasteiger partial charge on any atom is -0.486 e. The van der Waals surface area contributed by atoms with Gasteiger partial charge in [-0.05, 0) is 70.4 Å². The summed E-state index contributed by atoms with van der Waals surface area (Å²) in [4.78, 5) is 1.07. The highest BCUT2D eigenvalue weighted by molar-refractivity contribution is 8.00. The van der Waals surface area contributed by atoms with Crippen LogP contribution < -0.4 is 9.47 Å². The first-order valence-electron chi connectivity index (χ1n) is 11.9. The monoisotopic (exact) mass is 470 g/mol. The first-order chi connectivity index (χ1) is 16.1. The Hall–Kier alpha value is -2.69. The normalized spacial score (nSPS) is 30.4. The second-order valence-electron chi connectivity index (χ2n) is 10.4. The van der Waals surface area contributed by atoms with Gasteiger partial charge >= 0.3 is 0 Å². The van der Waals surface area contributed by atoms with E-state index >= 15 is 0 Å². The maximum absolute atomic E-state index is 12.5. The van der Waals surface area contributed by atoms with E-state index in [0.717, 1.165) is 44.2 Å². The van der Waals surface area contributed by atoms with Crippen LogP contribution in [-0.2, 0) is 10.2 Å². The van der Waals surface area contributed by atoms with Crippen LogP contribution in [0.4, 0.5) is 0 Å². The van der Waals surface area contributed by atoms with E-state index in [1.165, 1.54) is 11.1 Å². The fourth-order valence-electron chi connectivity index (χ4n) is 6.41. The second kappa shape index (κ2) is 6.93. The molecule has 3 aliphatic rings. The van der Waals surface area contributed by atoms with Gasteiger partial charge in [0.2, 0.25) is 0 Å². The van der Waals surface area contributed by atoms with Crippen molar-refractivity contribution in [1.29, 1.82) is 0 Å². The SMILES string of the molecule is CC1=C[C@@]2(C)c3cc(C)cc(C)c3O[C@H]2[C@]2(Sc3ccccc3)c3cc(C)cc(C)c3O[C@]12O. The van der Waals surface area contributed by atoms with Crippen molar-refractivity contribution in [3.05, 3.63) is 99.6 Å². The summed E-state index contributed by atoms with van der Waals surface area (Å²) in [7, 11) is 0. The molecule has 0 fully saturated rings. The van der Waals surface area contributed by atoms with Crippen molar-refractivity contribution in [3.63, 3.8) is 0 Å². The second-order valence-corrected chi connectivity index (χ2v) is 11.7. The Kier molecular flexibility index (Phi) is 4.45. The fraction of sp³-hybridized carbons (Fsp3) is 0.333. The third-order valence-corrected chi connectivity index (χ3v) is 9.33. The molecule has 34 heavy (non-hydrogen) atoms. The Labute approximate surface area is 205 Å². The zero-order valence-electron chi connectivity index (χ0n) is 20.5. The van der Waals surface area contributed by atoms with Gasteiger partial charge in [-0.1, -0.05) is 59.7 Å². The molecular weight excluding hydrogens is 440 g/mol. The van der Waals surface area contributed by atoms with Crippen molar-refractivity contribution in [3.8, 4) is 11.5 Å². The molecule has 0 saturated carbocycles. The summed E-state index contributed by atoms with van der Waals surface area (Å²) in [6, 6.07) is 19.0. The molecular formula is C30H30O3S. The van der Waals surface area contributed by atoms with Crippen LogP contribution in [0, 0.1) is 27.7 Å². The molecule has 3 nitrogen and oxygen atoms in total. The van der Waals surface area contributed by atoms with E-state index < -0.39 is 15.9 Å². The molecule has 0 amide bonds. The summed E-state index contributed by atoms with van der Waals surface area (Å²) in [5, 5.41) is 12.5. The number of aliphatic hydroxyl groups is 1. The molecule has 0 radical (unpaired) electrons. The summed E-state index contributed by atoms with van der Waals surface area (Å²) in [5.74, 6) is 0.155. The smallest absolute Gasteiger partial charge is 0.253 e. The van der Waals surface area contributed by atoms with E-state index in [4.69, 9.17) is 9.47 Å². The molecule has 2 aliphatic heterocycles. The van der Waals surface area contributed by atoms with Crippen LogP contribution in [0.5, 0.6) is 11.5 Å². The molecule has 4 heteroatoms. The fourth-order valence-corrected chi connectivity index (χ4v) is 8.08. The number of hydrogen-bond acceptors (Lipinski definition) is 4. The number of ether oxygens (including phenoxy) is 2. The van der Waals surface area contributed by atoms with Crippen LogP contribution >= 0.6 is 11.8 Å². The summed E-state index contributed by atoms with van der Waals surface area (Å²) in [6.07, 6.45) is 1.82. The maximum Gasteiger partial charge on any atom is 0.253 e. The molecule has 0 aromatic heterocycles. The number of rotatable bonds is 2. The van der Waals surface area contributed by atoms with E-state index in [1.807, 2.05) is 25.1 Å². The first-order valence-corrected chi connectivity index (χ1v) is 12.7. The molecule has 0 bridgehead atoms. The third-order valence-electron chi connectivity index (χ3n) is 7.79. The van der Waals surface area contributed by atoms with E-state index in [0.29, 0.717) is 0 Å². The van der Waals surface area contributed by atoms with Crippen LogP contribution in [0.3, 0.4) is 0 Å². The molecule has 3 aromatic carbocycles. The van der Waals surface area contributed by atoms with Crippen molar-refractivity contribution < 1.29 is 14.6 Å². The predicted octanol–water partition coefficient (Wildman–Crippen LogP) is 6.67. The lowest BCUT2D eigenvalue weighted by Crippen LogP contribution is -2.65. The predicted molar refractivity (Wildman–Crippen MR) is 137 cm³/mol. The molecule has 174 valence electrons. The van der Waals surface area contributed by atoms with Gasteiger partial charge in [0.05, 0.1) is 5.41 Å². The maximum atomic E-state index is 12.5.